The molecule has 142 valence electrons. The number of pyridine rings is 1. The molecule has 0 saturated heterocycles. The molecule has 0 saturated carbocycles. The van der Waals surface area contributed by atoms with Crippen molar-refractivity contribution in [2.75, 3.05) is 16.4 Å². The second-order valence-corrected chi connectivity index (χ2v) is 7.96. The van der Waals surface area contributed by atoms with Gasteiger partial charge in [0, 0.05) is 50.9 Å². The summed E-state index contributed by atoms with van der Waals surface area (Å²) in [4.78, 5) is 29.4. The smallest absolute Gasteiger partial charge is 0.255 e. The summed E-state index contributed by atoms with van der Waals surface area (Å²) in [5.74, 6) is 0.394. The third kappa shape index (κ3) is 6.21. The van der Waals surface area contributed by atoms with E-state index in [0.717, 1.165) is 9.37 Å². The number of benzene rings is 2. The summed E-state index contributed by atoms with van der Waals surface area (Å²) < 4.78 is 1.03. The molecule has 7 heteroatoms. The number of rotatable bonds is 7. The van der Waals surface area contributed by atoms with Crippen LogP contribution in [0.3, 0.4) is 0 Å². The third-order valence-electron chi connectivity index (χ3n) is 3.76. The molecule has 5 nitrogen and oxygen atoms in total. The van der Waals surface area contributed by atoms with Crippen LogP contribution in [-0.4, -0.2) is 22.6 Å². The van der Waals surface area contributed by atoms with Gasteiger partial charge in [0.05, 0.1) is 0 Å². The monoisotopic (exact) mass is 455 g/mol. The highest BCUT2D eigenvalue weighted by Gasteiger charge is 2.07. The average Bonchev–Trinajstić information content (AvgIpc) is 2.70. The summed E-state index contributed by atoms with van der Waals surface area (Å²) in [6, 6.07) is 18.4. The topological polar surface area (TPSA) is 71.1 Å². The number of thioether (sulfide) groups is 1. The fourth-order valence-electron chi connectivity index (χ4n) is 2.40. The molecule has 0 bridgehead atoms. The van der Waals surface area contributed by atoms with Gasteiger partial charge in [-0.2, -0.15) is 0 Å². The minimum atomic E-state index is -0.225. The maximum absolute atomic E-state index is 12.2. The minimum Gasteiger partial charge on any atom is -0.326 e. The van der Waals surface area contributed by atoms with Crippen LogP contribution < -0.4 is 10.6 Å². The Balaban J connectivity index is 1.50. The second kappa shape index (κ2) is 10.1. The van der Waals surface area contributed by atoms with Crippen molar-refractivity contribution in [2.45, 2.75) is 11.3 Å². The maximum atomic E-state index is 12.2. The third-order valence-corrected chi connectivity index (χ3v) is 5.30. The molecule has 0 atom stereocenters. The van der Waals surface area contributed by atoms with E-state index in [-0.39, 0.29) is 11.8 Å². The van der Waals surface area contributed by atoms with Crippen LogP contribution >= 0.6 is 27.7 Å². The van der Waals surface area contributed by atoms with Crippen molar-refractivity contribution in [3.05, 3.63) is 83.1 Å². The van der Waals surface area contributed by atoms with Crippen LogP contribution in [0.25, 0.3) is 0 Å². The Hall–Kier alpha value is -2.64. The fourth-order valence-corrected chi connectivity index (χ4v) is 3.51. The van der Waals surface area contributed by atoms with Gasteiger partial charge in [-0.1, -0.05) is 22.0 Å². The summed E-state index contributed by atoms with van der Waals surface area (Å²) in [6.07, 6.45) is 3.53. The van der Waals surface area contributed by atoms with E-state index in [4.69, 9.17) is 0 Å². The Morgan fingerprint density at radius 3 is 2.32 bits per heavy atom. The molecule has 3 aromatic rings. The zero-order valence-electron chi connectivity index (χ0n) is 14.9. The SMILES string of the molecule is O=C(CCSc1ccc(Br)cc1)Nc1cccc(NC(=O)c2ccncc2)c1. The van der Waals surface area contributed by atoms with Crippen LogP contribution in [0.2, 0.25) is 0 Å². The molecule has 2 N–H and O–H groups in total. The number of nitrogens with one attached hydrogen (secondary N) is 2. The van der Waals surface area contributed by atoms with E-state index in [0.29, 0.717) is 29.1 Å². The molecular formula is C21H18BrN3O2S. The number of carbonyl (C=O) groups excluding carboxylic acids is 2. The Kier molecular flexibility index (Phi) is 7.22. The number of hydrogen-bond acceptors (Lipinski definition) is 4. The van der Waals surface area contributed by atoms with Crippen LogP contribution in [0.15, 0.2) is 82.4 Å². The van der Waals surface area contributed by atoms with Gasteiger partial charge in [-0.15, -0.1) is 11.8 Å². The van der Waals surface area contributed by atoms with Crippen molar-refractivity contribution in [1.29, 1.82) is 0 Å². The molecule has 0 radical (unpaired) electrons. The van der Waals surface area contributed by atoms with Gasteiger partial charge in [0.2, 0.25) is 5.91 Å². The lowest BCUT2D eigenvalue weighted by atomic mass is 10.2. The zero-order valence-corrected chi connectivity index (χ0v) is 17.3. The van der Waals surface area contributed by atoms with Crippen LogP contribution in [0.4, 0.5) is 11.4 Å². The largest absolute Gasteiger partial charge is 0.326 e. The molecule has 3 rings (SSSR count). The summed E-state index contributed by atoms with van der Waals surface area (Å²) in [6.45, 7) is 0. The van der Waals surface area contributed by atoms with E-state index >= 15 is 0 Å². The zero-order chi connectivity index (χ0) is 19.8. The highest BCUT2D eigenvalue weighted by molar-refractivity contribution is 9.10. The number of anilines is 2. The first-order valence-electron chi connectivity index (χ1n) is 8.60. The van der Waals surface area contributed by atoms with E-state index in [1.807, 2.05) is 24.3 Å². The van der Waals surface area contributed by atoms with Crippen molar-refractivity contribution >= 4 is 50.9 Å². The number of amides is 2. The van der Waals surface area contributed by atoms with Crippen LogP contribution in [0.5, 0.6) is 0 Å². The highest BCUT2D eigenvalue weighted by Crippen LogP contribution is 2.22. The number of carbonyl (C=O) groups is 2. The van der Waals surface area contributed by atoms with Gasteiger partial charge >= 0.3 is 0 Å². The van der Waals surface area contributed by atoms with E-state index in [1.165, 1.54) is 0 Å². The van der Waals surface area contributed by atoms with Crippen molar-refractivity contribution in [3.63, 3.8) is 0 Å². The molecule has 2 aromatic carbocycles. The summed E-state index contributed by atoms with van der Waals surface area (Å²) in [5.41, 5.74) is 1.78. The van der Waals surface area contributed by atoms with Gasteiger partial charge in [-0.25, -0.2) is 0 Å². The van der Waals surface area contributed by atoms with Gasteiger partial charge in [-0.3, -0.25) is 14.6 Å². The normalized spacial score (nSPS) is 10.3. The van der Waals surface area contributed by atoms with Crippen LogP contribution in [0.1, 0.15) is 16.8 Å². The lowest BCUT2D eigenvalue weighted by Crippen LogP contribution is -2.14. The van der Waals surface area contributed by atoms with Crippen molar-refractivity contribution in [2.24, 2.45) is 0 Å². The molecule has 2 amide bonds. The molecule has 0 aliphatic heterocycles. The van der Waals surface area contributed by atoms with Gasteiger partial charge in [0.1, 0.15) is 0 Å². The number of aromatic nitrogens is 1. The van der Waals surface area contributed by atoms with Gasteiger partial charge < -0.3 is 10.6 Å². The minimum absolute atomic E-state index is 0.0674. The first kappa shape index (κ1) is 20.1. The van der Waals surface area contributed by atoms with E-state index in [9.17, 15) is 9.59 Å². The second-order valence-electron chi connectivity index (χ2n) is 5.87. The molecule has 0 unspecified atom stereocenters. The van der Waals surface area contributed by atoms with Crippen LogP contribution in [0, 0.1) is 0 Å². The van der Waals surface area contributed by atoms with Crippen molar-refractivity contribution in [1.82, 2.24) is 4.98 Å². The summed E-state index contributed by atoms with van der Waals surface area (Å²) >= 11 is 5.04. The maximum Gasteiger partial charge on any atom is 0.255 e. The summed E-state index contributed by atoms with van der Waals surface area (Å²) in [7, 11) is 0. The summed E-state index contributed by atoms with van der Waals surface area (Å²) in [5, 5.41) is 5.68. The quantitative estimate of drug-likeness (QED) is 0.479. The Morgan fingerprint density at radius 2 is 1.61 bits per heavy atom. The number of hydrogen-bond donors (Lipinski definition) is 2. The lowest BCUT2D eigenvalue weighted by molar-refractivity contribution is -0.115. The van der Waals surface area contributed by atoms with Gasteiger partial charge in [0.15, 0.2) is 0 Å². The predicted molar refractivity (Wildman–Crippen MR) is 117 cm³/mol. The molecule has 1 aromatic heterocycles. The average molecular weight is 456 g/mol. The fraction of sp³-hybridized carbons (Fsp3) is 0.0952. The van der Waals surface area contributed by atoms with E-state index < -0.39 is 0 Å². The lowest BCUT2D eigenvalue weighted by Gasteiger charge is -2.09. The highest BCUT2D eigenvalue weighted by atomic mass is 79.9. The Bertz CT molecular complexity index is 949. The molecule has 0 fully saturated rings. The number of nitrogens with zero attached hydrogens (tertiary/aromatic N) is 1. The van der Waals surface area contributed by atoms with Crippen LogP contribution in [-0.2, 0) is 4.79 Å². The molecular weight excluding hydrogens is 438 g/mol. The standard InChI is InChI=1S/C21H18BrN3O2S/c22-16-4-6-19(7-5-16)28-13-10-20(26)24-17-2-1-3-18(14-17)25-21(27)15-8-11-23-12-9-15/h1-9,11-12,14H,10,13H2,(H,24,26)(H,25,27). The van der Waals surface area contributed by atoms with Gasteiger partial charge in [0.25, 0.3) is 5.91 Å². The Morgan fingerprint density at radius 1 is 0.929 bits per heavy atom. The molecule has 0 aliphatic rings. The van der Waals surface area contributed by atoms with Gasteiger partial charge in [-0.05, 0) is 54.6 Å². The molecule has 0 aliphatic carbocycles. The molecule has 28 heavy (non-hydrogen) atoms. The van der Waals surface area contributed by atoms with E-state index in [2.05, 4.69) is 31.5 Å². The number of halogens is 1. The van der Waals surface area contributed by atoms with Crippen molar-refractivity contribution in [3.8, 4) is 0 Å². The van der Waals surface area contributed by atoms with Crippen molar-refractivity contribution < 1.29 is 9.59 Å². The van der Waals surface area contributed by atoms with E-state index in [1.54, 1.807) is 60.6 Å². The predicted octanol–water partition coefficient (Wildman–Crippen LogP) is 5.22. The molecule has 1 heterocycles. The first-order valence-corrected chi connectivity index (χ1v) is 10.4. The molecule has 0 spiro atoms. The first-order chi connectivity index (χ1) is 13.6. The Labute approximate surface area is 176 Å².